The van der Waals surface area contributed by atoms with Crippen molar-refractivity contribution in [3.63, 3.8) is 0 Å². The molecule has 1 aliphatic rings. The predicted molar refractivity (Wildman–Crippen MR) is 137 cm³/mol. The van der Waals surface area contributed by atoms with Crippen molar-refractivity contribution in [2.75, 3.05) is 11.5 Å². The van der Waals surface area contributed by atoms with Crippen molar-refractivity contribution in [1.82, 2.24) is 0 Å². The van der Waals surface area contributed by atoms with Gasteiger partial charge in [0.05, 0.1) is 27.7 Å². The van der Waals surface area contributed by atoms with E-state index < -0.39 is 16.6 Å². The van der Waals surface area contributed by atoms with Crippen LogP contribution < -0.4 is 14.4 Å². The Morgan fingerprint density at radius 2 is 1.83 bits per heavy atom. The van der Waals surface area contributed by atoms with E-state index in [0.717, 1.165) is 11.8 Å². The lowest BCUT2D eigenvalue weighted by Gasteiger charge is -2.15. The number of nitrogens with zero attached hydrogens (tertiary/aromatic N) is 2. The molecule has 0 saturated carbocycles. The van der Waals surface area contributed by atoms with Gasteiger partial charge in [-0.05, 0) is 48.9 Å². The number of thioether (sulfide) groups is 1. The Balaban J connectivity index is 1.57. The molecule has 0 radical (unpaired) electrons. The van der Waals surface area contributed by atoms with E-state index in [2.05, 4.69) is 0 Å². The van der Waals surface area contributed by atoms with Gasteiger partial charge in [-0.3, -0.25) is 19.8 Å². The number of amides is 1. The first-order valence-corrected chi connectivity index (χ1v) is 11.8. The van der Waals surface area contributed by atoms with Gasteiger partial charge in [0.1, 0.15) is 12.4 Å². The Hall–Kier alpha value is -3.76. The second-order valence-electron chi connectivity index (χ2n) is 7.28. The summed E-state index contributed by atoms with van der Waals surface area (Å²) in [5.74, 6) is -0.130. The van der Waals surface area contributed by atoms with E-state index in [1.54, 1.807) is 54.6 Å². The van der Waals surface area contributed by atoms with Crippen molar-refractivity contribution in [3.05, 3.63) is 98.7 Å². The van der Waals surface area contributed by atoms with Crippen LogP contribution in [0.4, 0.5) is 15.8 Å². The number of nitro benzene ring substituents is 1. The maximum Gasteiger partial charge on any atom is 0.276 e. The fourth-order valence-electron chi connectivity index (χ4n) is 3.43. The minimum absolute atomic E-state index is 0.0160. The number of carbonyl (C=O) groups excluding carboxylic acids is 1. The Morgan fingerprint density at radius 1 is 1.09 bits per heavy atom. The van der Waals surface area contributed by atoms with Crippen molar-refractivity contribution < 1.29 is 23.6 Å². The number of nitro groups is 1. The highest BCUT2D eigenvalue weighted by atomic mass is 32.2. The topological polar surface area (TPSA) is 81.9 Å². The monoisotopic (exact) mass is 510 g/mol. The van der Waals surface area contributed by atoms with Crippen LogP contribution in [0.1, 0.15) is 18.1 Å². The maximum atomic E-state index is 14.2. The van der Waals surface area contributed by atoms with Gasteiger partial charge in [0.25, 0.3) is 11.6 Å². The van der Waals surface area contributed by atoms with Crippen LogP contribution in [0.15, 0.2) is 71.6 Å². The summed E-state index contributed by atoms with van der Waals surface area (Å²) in [6, 6.07) is 17.4. The maximum absolute atomic E-state index is 14.2. The summed E-state index contributed by atoms with van der Waals surface area (Å²) in [7, 11) is 0. The van der Waals surface area contributed by atoms with E-state index in [9.17, 15) is 19.3 Å². The van der Waals surface area contributed by atoms with Gasteiger partial charge in [-0.15, -0.1) is 0 Å². The number of para-hydroxylation sites is 2. The number of benzene rings is 3. The quantitative estimate of drug-likeness (QED) is 0.156. The highest BCUT2D eigenvalue weighted by Gasteiger charge is 2.34. The van der Waals surface area contributed by atoms with Crippen LogP contribution in [0.2, 0.25) is 0 Å². The first kappa shape index (κ1) is 24.4. The Labute approximate surface area is 210 Å². The first-order chi connectivity index (χ1) is 16.9. The number of carbonyl (C=O) groups is 1. The lowest BCUT2D eigenvalue weighted by molar-refractivity contribution is -0.385. The van der Waals surface area contributed by atoms with Crippen LogP contribution >= 0.6 is 24.0 Å². The van der Waals surface area contributed by atoms with Gasteiger partial charge in [0.15, 0.2) is 15.8 Å². The average Bonchev–Trinajstić information content (AvgIpc) is 3.11. The zero-order chi connectivity index (χ0) is 24.9. The molecule has 3 aromatic carbocycles. The van der Waals surface area contributed by atoms with Crippen molar-refractivity contribution in [2.45, 2.75) is 13.5 Å². The molecule has 1 saturated heterocycles. The van der Waals surface area contributed by atoms with Gasteiger partial charge < -0.3 is 9.47 Å². The van der Waals surface area contributed by atoms with Crippen LogP contribution in [0.25, 0.3) is 6.08 Å². The van der Waals surface area contributed by atoms with Gasteiger partial charge in [-0.25, -0.2) is 4.39 Å². The average molecular weight is 511 g/mol. The van der Waals surface area contributed by atoms with E-state index >= 15 is 0 Å². The van der Waals surface area contributed by atoms with Gasteiger partial charge in [-0.1, -0.05) is 54.3 Å². The molecule has 0 aliphatic carbocycles. The molecule has 0 spiro atoms. The zero-order valence-electron chi connectivity index (χ0n) is 18.5. The van der Waals surface area contributed by atoms with Crippen molar-refractivity contribution >= 4 is 51.7 Å². The molecule has 178 valence electrons. The summed E-state index contributed by atoms with van der Waals surface area (Å²) < 4.78 is 26.0. The molecule has 0 N–H and O–H groups in total. The summed E-state index contributed by atoms with van der Waals surface area (Å²) >= 11 is 6.40. The van der Waals surface area contributed by atoms with Gasteiger partial charge in [0, 0.05) is 6.07 Å². The number of anilines is 1. The minimum Gasteiger partial charge on any atom is -0.490 e. The molecule has 0 unspecified atom stereocenters. The largest absolute Gasteiger partial charge is 0.490 e. The van der Waals surface area contributed by atoms with Crippen molar-refractivity contribution in [1.29, 1.82) is 0 Å². The second-order valence-corrected chi connectivity index (χ2v) is 8.96. The standard InChI is InChI=1S/C25H19FN2O5S2/c1-2-32-22-13-16(11-12-21(22)33-15-17-7-3-5-9-19(17)28(30)31)14-23-24(29)27(25(34)35-23)20-10-6-4-8-18(20)26/h3-14H,2,15H2,1H3/b23-14-. The van der Waals surface area contributed by atoms with Gasteiger partial charge in [0.2, 0.25) is 0 Å². The SMILES string of the molecule is CCOc1cc(/C=C2\SC(=S)N(c3ccccc3F)C2=O)ccc1OCc1ccccc1[N+](=O)[O-]. The summed E-state index contributed by atoms with van der Waals surface area (Å²) in [5.41, 5.74) is 1.16. The first-order valence-electron chi connectivity index (χ1n) is 10.5. The number of hydrogen-bond acceptors (Lipinski definition) is 7. The molecule has 3 aromatic rings. The molecule has 35 heavy (non-hydrogen) atoms. The number of hydrogen-bond donors (Lipinski definition) is 0. The van der Waals surface area contributed by atoms with Crippen LogP contribution in [0.5, 0.6) is 11.5 Å². The summed E-state index contributed by atoms with van der Waals surface area (Å²) in [6.07, 6.45) is 1.65. The lowest BCUT2D eigenvalue weighted by atomic mass is 10.1. The predicted octanol–water partition coefficient (Wildman–Crippen LogP) is 6.12. The number of rotatable bonds is 8. The lowest BCUT2D eigenvalue weighted by Crippen LogP contribution is -2.28. The fourth-order valence-corrected chi connectivity index (χ4v) is 4.71. The van der Waals surface area contributed by atoms with Gasteiger partial charge in [-0.2, -0.15) is 0 Å². The third kappa shape index (κ3) is 5.33. The Morgan fingerprint density at radius 3 is 2.57 bits per heavy atom. The summed E-state index contributed by atoms with van der Waals surface area (Å²) in [6.45, 7) is 2.16. The Bertz CT molecular complexity index is 1340. The highest BCUT2D eigenvalue weighted by Crippen LogP contribution is 2.38. The third-order valence-electron chi connectivity index (χ3n) is 5.02. The highest BCUT2D eigenvalue weighted by molar-refractivity contribution is 8.27. The number of halogens is 1. The van der Waals surface area contributed by atoms with Crippen molar-refractivity contribution in [3.8, 4) is 11.5 Å². The molecule has 1 fully saturated rings. The van der Waals surface area contributed by atoms with Gasteiger partial charge >= 0.3 is 0 Å². The molecular weight excluding hydrogens is 491 g/mol. The molecule has 0 bridgehead atoms. The van der Waals surface area contributed by atoms with Crippen LogP contribution in [-0.4, -0.2) is 21.8 Å². The molecular formula is C25H19FN2O5S2. The second kappa shape index (κ2) is 10.7. The normalized spacial score (nSPS) is 14.5. The van der Waals surface area contributed by atoms with Crippen molar-refractivity contribution in [2.24, 2.45) is 0 Å². The van der Waals surface area contributed by atoms with Crippen LogP contribution in [-0.2, 0) is 11.4 Å². The van der Waals surface area contributed by atoms with E-state index in [1.807, 2.05) is 6.92 Å². The molecule has 1 amide bonds. The van der Waals surface area contributed by atoms with Crippen LogP contribution in [0.3, 0.4) is 0 Å². The number of ether oxygens (including phenoxy) is 2. The van der Waals surface area contributed by atoms with E-state index in [-0.39, 0.29) is 22.3 Å². The molecule has 0 atom stereocenters. The molecule has 1 heterocycles. The number of thiocarbonyl (C=S) groups is 1. The molecule has 1 aliphatic heterocycles. The Kier molecular flexibility index (Phi) is 7.42. The summed E-state index contributed by atoms with van der Waals surface area (Å²) in [4.78, 5) is 25.3. The van der Waals surface area contributed by atoms with E-state index in [0.29, 0.717) is 34.1 Å². The smallest absolute Gasteiger partial charge is 0.276 e. The molecule has 4 rings (SSSR count). The zero-order valence-corrected chi connectivity index (χ0v) is 20.1. The fraction of sp³-hybridized carbons (Fsp3) is 0.120. The van der Waals surface area contributed by atoms with E-state index in [1.165, 1.54) is 23.1 Å². The minimum atomic E-state index is -0.538. The molecule has 7 nitrogen and oxygen atoms in total. The molecule has 0 aromatic heterocycles. The summed E-state index contributed by atoms with van der Waals surface area (Å²) in [5, 5.41) is 11.2. The third-order valence-corrected chi connectivity index (χ3v) is 6.33. The van der Waals surface area contributed by atoms with E-state index in [4.69, 9.17) is 21.7 Å². The van der Waals surface area contributed by atoms with Crippen LogP contribution in [0, 0.1) is 15.9 Å². The molecule has 10 heteroatoms.